The van der Waals surface area contributed by atoms with Crippen LogP contribution in [-0.2, 0) is 19.7 Å². The zero-order valence-electron chi connectivity index (χ0n) is 5.57. The summed E-state index contributed by atoms with van der Waals surface area (Å²) in [6.07, 6.45) is 3.85. The molecule has 0 aromatic carbocycles. The molecule has 0 aliphatic heterocycles. The Balaban J connectivity index is 3.07. The normalized spacial score (nSPS) is 9.30. The molecule has 52 valence electrons. The van der Waals surface area contributed by atoms with Crippen LogP contribution in [0.3, 0.4) is 0 Å². The molecule has 0 aliphatic carbocycles. The van der Waals surface area contributed by atoms with Crippen molar-refractivity contribution in [3.8, 4) is 0 Å². The highest BCUT2D eigenvalue weighted by Crippen LogP contribution is 1.94. The molecular formula is C7H7NS2. The minimum Gasteiger partial charge on any atom is -0.428 e. The number of hydrogen-bond acceptors (Lipinski definition) is 2. The zero-order chi connectivity index (χ0) is 7.56. The minimum atomic E-state index is 0.524. The largest absolute Gasteiger partial charge is 0.428 e. The van der Waals surface area contributed by atoms with Crippen molar-refractivity contribution in [2.24, 2.45) is 7.05 Å². The van der Waals surface area contributed by atoms with Crippen LogP contribution in [0.4, 0.5) is 0 Å². The summed E-state index contributed by atoms with van der Waals surface area (Å²) < 4.78 is 2.45. The Morgan fingerprint density at radius 1 is 1.70 bits per heavy atom. The van der Waals surface area contributed by atoms with E-state index in [1.165, 1.54) is 0 Å². The fourth-order valence-corrected chi connectivity index (χ4v) is 0.950. The van der Waals surface area contributed by atoms with Gasteiger partial charge in [0, 0.05) is 11.6 Å². The Kier molecular flexibility index (Phi) is 2.29. The van der Waals surface area contributed by atoms with Crippen molar-refractivity contribution in [3.63, 3.8) is 0 Å². The van der Waals surface area contributed by atoms with E-state index in [2.05, 4.69) is 0 Å². The third-order valence-electron chi connectivity index (χ3n) is 1.18. The van der Waals surface area contributed by atoms with Gasteiger partial charge in [0.2, 0.25) is 0 Å². The van der Waals surface area contributed by atoms with Gasteiger partial charge in [0.05, 0.1) is 0 Å². The van der Waals surface area contributed by atoms with Gasteiger partial charge in [-0.05, 0) is 6.07 Å². The highest BCUT2D eigenvalue weighted by atomic mass is 32.1. The van der Waals surface area contributed by atoms with Crippen LogP contribution in [0, 0.1) is 0 Å². The second-order valence-corrected chi connectivity index (χ2v) is 3.12. The monoisotopic (exact) mass is 169 g/mol. The maximum absolute atomic E-state index is 4.82. The summed E-state index contributed by atoms with van der Waals surface area (Å²) in [5.41, 5.74) is 0.940. The van der Waals surface area contributed by atoms with Gasteiger partial charge in [-0.3, -0.25) is 0 Å². The van der Waals surface area contributed by atoms with E-state index < -0.39 is 0 Å². The van der Waals surface area contributed by atoms with Gasteiger partial charge in [-0.1, -0.05) is 0 Å². The molecule has 0 amide bonds. The van der Waals surface area contributed by atoms with Gasteiger partial charge >= 0.3 is 0 Å². The van der Waals surface area contributed by atoms with Crippen LogP contribution in [0.5, 0.6) is 0 Å². The molecule has 0 aliphatic rings. The van der Waals surface area contributed by atoms with Gasteiger partial charge < -0.3 is 24.8 Å². The summed E-state index contributed by atoms with van der Waals surface area (Å²) >= 11 is 9.65. The Morgan fingerprint density at radius 2 is 2.40 bits per heavy atom. The predicted molar refractivity (Wildman–Crippen MR) is 46.7 cm³/mol. The molecule has 3 heteroatoms. The smallest absolute Gasteiger partial charge is 0.174 e. The molecule has 1 aromatic rings. The molecule has 1 nitrogen and oxygen atoms in total. The zero-order valence-corrected chi connectivity index (χ0v) is 7.21. The molecule has 1 aromatic heterocycles. The summed E-state index contributed by atoms with van der Waals surface area (Å²) in [6, 6.07) is 3.84. The van der Waals surface area contributed by atoms with E-state index >= 15 is 0 Å². The average Bonchev–Trinajstić information content (AvgIpc) is 1.88. The van der Waals surface area contributed by atoms with Crippen LogP contribution in [0.1, 0.15) is 5.56 Å². The first-order chi connectivity index (χ1) is 4.70. The number of rotatable bonds is 1. The van der Waals surface area contributed by atoms with Crippen LogP contribution in [0.15, 0.2) is 24.5 Å². The molecule has 0 N–H and O–H groups in total. The summed E-state index contributed by atoms with van der Waals surface area (Å²) in [5, 5.41) is 0. The number of hydrogen-bond donors (Lipinski definition) is 0. The maximum atomic E-state index is 4.82. The van der Waals surface area contributed by atoms with Crippen molar-refractivity contribution >= 4 is 29.0 Å². The standard InChI is InChI=1S/C7H7NS2/c1-8-4-2-3-6(5-8)7(9)10/h2-5H,1H3. The fraction of sp³-hybridized carbons (Fsp3) is 0.143. The van der Waals surface area contributed by atoms with E-state index in [1.807, 2.05) is 36.1 Å². The summed E-state index contributed by atoms with van der Waals surface area (Å²) in [7, 11) is 1.94. The van der Waals surface area contributed by atoms with Crippen LogP contribution in [-0.4, -0.2) is 4.20 Å². The number of nitrogens with zero attached hydrogens (tertiary/aromatic N) is 1. The lowest BCUT2D eigenvalue weighted by atomic mass is 10.3. The summed E-state index contributed by atoms with van der Waals surface area (Å²) in [6.45, 7) is 0. The number of pyridine rings is 1. The van der Waals surface area contributed by atoms with E-state index in [-0.39, 0.29) is 0 Å². The van der Waals surface area contributed by atoms with Crippen molar-refractivity contribution in [2.45, 2.75) is 0 Å². The topological polar surface area (TPSA) is 3.88 Å². The van der Waals surface area contributed by atoms with Crippen molar-refractivity contribution < 1.29 is 4.57 Å². The average molecular weight is 169 g/mol. The molecule has 0 fully saturated rings. The van der Waals surface area contributed by atoms with Crippen molar-refractivity contribution in [3.05, 3.63) is 30.1 Å². The molecule has 0 saturated heterocycles. The van der Waals surface area contributed by atoms with Crippen molar-refractivity contribution in [1.82, 2.24) is 0 Å². The quantitative estimate of drug-likeness (QED) is 0.347. The highest BCUT2D eigenvalue weighted by molar-refractivity contribution is 8.01. The first-order valence-corrected chi connectivity index (χ1v) is 3.68. The number of thiocarbonyl (C=S) groups is 1. The summed E-state index contributed by atoms with van der Waals surface area (Å²) in [4.78, 5) is 0. The van der Waals surface area contributed by atoms with E-state index in [0.717, 1.165) is 5.56 Å². The SMILES string of the molecule is C[n+]1cccc(C(=S)[S-])c1. The van der Waals surface area contributed by atoms with Crippen LogP contribution in [0.25, 0.3) is 0 Å². The molecule has 1 heterocycles. The number of aryl methyl sites for hydroxylation is 1. The Labute approximate surface area is 71.1 Å². The lowest BCUT2D eigenvalue weighted by Crippen LogP contribution is -2.27. The third-order valence-corrected chi connectivity index (χ3v) is 1.65. The van der Waals surface area contributed by atoms with Crippen molar-refractivity contribution in [2.75, 3.05) is 0 Å². The lowest BCUT2D eigenvalue weighted by Gasteiger charge is -2.00. The Bertz CT molecular complexity index is 258. The Morgan fingerprint density at radius 3 is 2.80 bits per heavy atom. The van der Waals surface area contributed by atoms with Gasteiger partial charge in [0.15, 0.2) is 12.4 Å². The van der Waals surface area contributed by atoms with Gasteiger partial charge in [0.1, 0.15) is 7.05 Å². The lowest BCUT2D eigenvalue weighted by molar-refractivity contribution is -0.671. The first-order valence-electron chi connectivity index (χ1n) is 2.87. The molecule has 0 saturated carbocycles. The van der Waals surface area contributed by atoms with Crippen LogP contribution >= 0.6 is 12.2 Å². The van der Waals surface area contributed by atoms with E-state index in [9.17, 15) is 0 Å². The molecule has 0 spiro atoms. The van der Waals surface area contributed by atoms with Gasteiger partial charge in [-0.15, -0.1) is 4.20 Å². The van der Waals surface area contributed by atoms with Crippen LogP contribution in [0.2, 0.25) is 0 Å². The van der Waals surface area contributed by atoms with E-state index in [0.29, 0.717) is 4.20 Å². The number of aromatic nitrogens is 1. The molecule has 0 radical (unpaired) electrons. The fourth-order valence-electron chi connectivity index (χ4n) is 0.709. The predicted octanol–water partition coefficient (Wildman–Crippen LogP) is 0.733. The highest BCUT2D eigenvalue weighted by Gasteiger charge is 1.92. The maximum Gasteiger partial charge on any atom is 0.174 e. The molecule has 0 unspecified atom stereocenters. The molecule has 10 heavy (non-hydrogen) atoms. The molecule has 1 rings (SSSR count). The van der Waals surface area contributed by atoms with Crippen molar-refractivity contribution in [1.29, 1.82) is 0 Å². The Hall–Kier alpha value is -0.540. The second kappa shape index (κ2) is 3.03. The van der Waals surface area contributed by atoms with E-state index in [4.69, 9.17) is 24.8 Å². The molecule has 0 atom stereocenters. The van der Waals surface area contributed by atoms with Crippen LogP contribution < -0.4 is 4.57 Å². The van der Waals surface area contributed by atoms with Gasteiger partial charge in [-0.25, -0.2) is 4.57 Å². The second-order valence-electron chi connectivity index (χ2n) is 2.05. The van der Waals surface area contributed by atoms with E-state index in [1.54, 1.807) is 0 Å². The third kappa shape index (κ3) is 1.72. The van der Waals surface area contributed by atoms with Gasteiger partial charge in [-0.2, -0.15) is 0 Å². The first kappa shape index (κ1) is 7.57. The summed E-state index contributed by atoms with van der Waals surface area (Å²) in [5.74, 6) is 0. The minimum absolute atomic E-state index is 0.524. The van der Waals surface area contributed by atoms with Gasteiger partial charge in [0.25, 0.3) is 0 Å². The molecular weight excluding hydrogens is 162 g/mol. The molecule has 0 bridgehead atoms.